The van der Waals surface area contributed by atoms with Gasteiger partial charge in [-0.25, -0.2) is 15.0 Å². The number of nitrogens with zero attached hydrogens (tertiary/aromatic N) is 4. The summed E-state index contributed by atoms with van der Waals surface area (Å²) in [5.74, 6) is -0.0717. The van der Waals surface area contributed by atoms with E-state index in [1.807, 2.05) is 19.1 Å². The lowest BCUT2D eigenvalue weighted by molar-refractivity contribution is 0.0946. The van der Waals surface area contributed by atoms with Crippen LogP contribution in [0.15, 0.2) is 35.2 Å². The molecule has 0 spiro atoms. The first-order valence-corrected chi connectivity index (χ1v) is 7.85. The Morgan fingerprint density at radius 2 is 2.12 bits per heavy atom. The van der Waals surface area contributed by atoms with Crippen molar-refractivity contribution < 1.29 is 9.21 Å². The highest BCUT2D eigenvalue weighted by atomic mass is 16.3. The third-order valence-corrected chi connectivity index (χ3v) is 3.73. The summed E-state index contributed by atoms with van der Waals surface area (Å²) in [5, 5.41) is 2.79. The second-order valence-electron chi connectivity index (χ2n) is 5.37. The third-order valence-electron chi connectivity index (χ3n) is 3.73. The van der Waals surface area contributed by atoms with Crippen LogP contribution in [0.3, 0.4) is 0 Å². The highest BCUT2D eigenvalue weighted by Gasteiger charge is 2.18. The average molecular weight is 338 g/mol. The maximum Gasteiger partial charge on any atom is 0.274 e. The number of hydrogen-bond acceptors (Lipinski definition) is 7. The summed E-state index contributed by atoms with van der Waals surface area (Å²) in [5.41, 5.74) is 8.79. The zero-order valence-corrected chi connectivity index (χ0v) is 14.0. The summed E-state index contributed by atoms with van der Waals surface area (Å²) in [6.45, 7) is 4.05. The van der Waals surface area contributed by atoms with Crippen LogP contribution in [0.1, 0.15) is 34.4 Å². The summed E-state index contributed by atoms with van der Waals surface area (Å²) in [4.78, 5) is 29.2. The Morgan fingerprint density at radius 1 is 1.28 bits per heavy atom. The molecule has 3 aromatic heterocycles. The first kappa shape index (κ1) is 16.6. The van der Waals surface area contributed by atoms with Gasteiger partial charge in [-0.2, -0.15) is 0 Å². The fraction of sp³-hybridized carbons (Fsp3) is 0.235. The monoisotopic (exact) mass is 338 g/mol. The predicted molar refractivity (Wildman–Crippen MR) is 91.5 cm³/mol. The maximum atomic E-state index is 12.4. The number of nitrogen functional groups attached to an aromatic ring is 1. The lowest BCUT2D eigenvalue weighted by Gasteiger charge is -2.10. The van der Waals surface area contributed by atoms with Gasteiger partial charge in [0, 0.05) is 6.20 Å². The number of nitrogens with two attached hydrogens (primary N) is 1. The molecule has 0 aromatic carbocycles. The molecule has 3 N–H and O–H groups in total. The highest BCUT2D eigenvalue weighted by molar-refractivity contribution is 5.96. The number of carbonyl (C=O) groups is 1. The summed E-state index contributed by atoms with van der Waals surface area (Å²) >= 11 is 0. The third kappa shape index (κ3) is 3.47. The Hall–Kier alpha value is -3.29. The number of aromatic nitrogens is 4. The van der Waals surface area contributed by atoms with Crippen LogP contribution in [-0.2, 0) is 13.0 Å². The normalized spacial score (nSPS) is 10.6. The first-order chi connectivity index (χ1) is 12.1. The molecule has 0 atom stereocenters. The van der Waals surface area contributed by atoms with Crippen molar-refractivity contribution in [1.82, 2.24) is 25.3 Å². The summed E-state index contributed by atoms with van der Waals surface area (Å²) in [7, 11) is 0. The Balaban J connectivity index is 1.79. The van der Waals surface area contributed by atoms with Gasteiger partial charge in [0.25, 0.3) is 5.91 Å². The predicted octanol–water partition coefficient (Wildman–Crippen LogP) is 1.91. The number of nitrogens with one attached hydrogen (secondary N) is 1. The minimum absolute atomic E-state index is 0.0213. The van der Waals surface area contributed by atoms with E-state index in [1.54, 1.807) is 13.1 Å². The van der Waals surface area contributed by atoms with E-state index in [0.717, 1.165) is 17.7 Å². The minimum Gasteiger partial charge on any atom is -0.443 e. The number of anilines is 1. The van der Waals surface area contributed by atoms with E-state index in [4.69, 9.17) is 10.2 Å². The van der Waals surface area contributed by atoms with Crippen molar-refractivity contribution in [1.29, 1.82) is 0 Å². The molecule has 8 nitrogen and oxygen atoms in total. The van der Waals surface area contributed by atoms with Gasteiger partial charge in [0.15, 0.2) is 11.5 Å². The molecule has 1 amide bonds. The average Bonchev–Trinajstić information content (AvgIpc) is 3.16. The zero-order chi connectivity index (χ0) is 17.8. The van der Waals surface area contributed by atoms with Gasteiger partial charge < -0.3 is 15.5 Å². The number of aryl methyl sites for hydroxylation is 2. The van der Waals surface area contributed by atoms with Crippen LogP contribution in [-0.4, -0.2) is 25.8 Å². The maximum absolute atomic E-state index is 12.4. The fourth-order valence-electron chi connectivity index (χ4n) is 2.44. The Labute approximate surface area is 144 Å². The highest BCUT2D eigenvalue weighted by Crippen LogP contribution is 2.20. The molecule has 0 radical (unpaired) electrons. The Morgan fingerprint density at radius 3 is 2.84 bits per heavy atom. The van der Waals surface area contributed by atoms with Gasteiger partial charge in [-0.3, -0.25) is 9.78 Å². The quantitative estimate of drug-likeness (QED) is 0.729. The van der Waals surface area contributed by atoms with Crippen LogP contribution < -0.4 is 11.1 Å². The minimum atomic E-state index is -0.403. The molecule has 0 aliphatic heterocycles. The summed E-state index contributed by atoms with van der Waals surface area (Å²) in [6, 6.07) is 3.86. The fourth-order valence-corrected chi connectivity index (χ4v) is 2.44. The molecule has 3 heterocycles. The molecule has 128 valence electrons. The molecule has 3 aromatic rings. The van der Waals surface area contributed by atoms with Gasteiger partial charge in [-0.05, 0) is 25.0 Å². The van der Waals surface area contributed by atoms with Gasteiger partial charge in [0.1, 0.15) is 12.0 Å². The van der Waals surface area contributed by atoms with E-state index in [0.29, 0.717) is 23.8 Å². The smallest absolute Gasteiger partial charge is 0.274 e. The first-order valence-electron chi connectivity index (χ1n) is 7.85. The van der Waals surface area contributed by atoms with Gasteiger partial charge in [0.05, 0.1) is 24.1 Å². The molecule has 0 saturated heterocycles. The van der Waals surface area contributed by atoms with E-state index < -0.39 is 5.91 Å². The molecule has 0 aliphatic rings. The molecular weight excluding hydrogens is 320 g/mol. The largest absolute Gasteiger partial charge is 0.443 e. The van der Waals surface area contributed by atoms with Crippen LogP contribution in [0.2, 0.25) is 0 Å². The van der Waals surface area contributed by atoms with Crippen molar-refractivity contribution in [3.8, 4) is 11.6 Å². The zero-order valence-electron chi connectivity index (χ0n) is 14.0. The van der Waals surface area contributed by atoms with Crippen LogP contribution in [0.25, 0.3) is 11.6 Å². The van der Waals surface area contributed by atoms with E-state index in [-0.39, 0.29) is 11.5 Å². The molecular formula is C17H18N6O2. The number of amides is 1. The van der Waals surface area contributed by atoms with Crippen LogP contribution in [0.4, 0.5) is 5.82 Å². The van der Waals surface area contributed by atoms with Crippen LogP contribution in [0, 0.1) is 6.92 Å². The number of carbonyl (C=O) groups excluding carboxylic acids is 1. The lowest BCUT2D eigenvalue weighted by atomic mass is 10.1. The number of hydrogen-bond donors (Lipinski definition) is 2. The Bertz CT molecular complexity index is 892. The molecule has 0 aliphatic carbocycles. The SMILES string of the molecule is CCc1cccnc1CNC(=O)c1nc(C)c(-c2ncco2)nc1N. The van der Waals surface area contributed by atoms with Crippen molar-refractivity contribution in [2.45, 2.75) is 26.8 Å². The van der Waals surface area contributed by atoms with E-state index in [2.05, 4.69) is 25.3 Å². The second-order valence-corrected chi connectivity index (χ2v) is 5.37. The molecule has 0 bridgehead atoms. The van der Waals surface area contributed by atoms with Crippen molar-refractivity contribution in [2.24, 2.45) is 0 Å². The lowest BCUT2D eigenvalue weighted by Crippen LogP contribution is -2.26. The summed E-state index contributed by atoms with van der Waals surface area (Å²) in [6.07, 6.45) is 5.48. The second kappa shape index (κ2) is 7.08. The molecule has 8 heteroatoms. The van der Waals surface area contributed by atoms with Crippen molar-refractivity contribution >= 4 is 11.7 Å². The molecule has 3 rings (SSSR count). The molecule has 0 saturated carbocycles. The summed E-state index contributed by atoms with van der Waals surface area (Å²) < 4.78 is 5.21. The van der Waals surface area contributed by atoms with Gasteiger partial charge >= 0.3 is 0 Å². The number of pyridine rings is 1. The van der Waals surface area contributed by atoms with Crippen LogP contribution in [0.5, 0.6) is 0 Å². The van der Waals surface area contributed by atoms with Crippen molar-refractivity contribution in [2.75, 3.05) is 5.73 Å². The molecule has 0 fully saturated rings. The van der Waals surface area contributed by atoms with Gasteiger partial charge in [-0.1, -0.05) is 13.0 Å². The number of oxazole rings is 1. The van der Waals surface area contributed by atoms with Crippen molar-refractivity contribution in [3.05, 3.63) is 53.4 Å². The van der Waals surface area contributed by atoms with Crippen LogP contribution >= 0.6 is 0 Å². The van der Waals surface area contributed by atoms with E-state index in [9.17, 15) is 4.79 Å². The standard InChI is InChI=1S/C17H18N6O2/c1-3-11-5-4-6-19-12(11)9-21-16(24)14-15(18)23-13(10(2)22-14)17-20-7-8-25-17/h4-8H,3,9H2,1-2H3,(H2,18,23)(H,21,24). The van der Waals surface area contributed by atoms with E-state index >= 15 is 0 Å². The number of rotatable bonds is 5. The molecule has 0 unspecified atom stereocenters. The van der Waals surface area contributed by atoms with E-state index in [1.165, 1.54) is 12.5 Å². The topological polar surface area (TPSA) is 120 Å². The molecule has 25 heavy (non-hydrogen) atoms. The Kier molecular flexibility index (Phi) is 4.69. The van der Waals surface area contributed by atoms with Gasteiger partial charge in [-0.15, -0.1) is 0 Å². The van der Waals surface area contributed by atoms with Gasteiger partial charge in [0.2, 0.25) is 5.89 Å². The van der Waals surface area contributed by atoms with Crippen molar-refractivity contribution in [3.63, 3.8) is 0 Å².